The van der Waals surface area contributed by atoms with Gasteiger partial charge in [-0.15, -0.1) is 11.3 Å². The zero-order chi connectivity index (χ0) is 16.1. The molecular formula is C16H16BrNO3S. The predicted octanol–water partition coefficient (Wildman–Crippen LogP) is 3.67. The van der Waals surface area contributed by atoms with Crippen LogP contribution in [0.5, 0.6) is 0 Å². The van der Waals surface area contributed by atoms with Crippen LogP contribution in [0.3, 0.4) is 0 Å². The average Bonchev–Trinajstić information content (AvgIpc) is 2.93. The molecule has 1 amide bonds. The Labute approximate surface area is 141 Å². The highest BCUT2D eigenvalue weighted by Crippen LogP contribution is 2.28. The molecule has 0 fully saturated rings. The Balaban J connectivity index is 1.82. The molecule has 0 aliphatic rings. The van der Waals surface area contributed by atoms with Gasteiger partial charge in [-0.05, 0) is 59.1 Å². The number of rotatable bonds is 6. The molecule has 22 heavy (non-hydrogen) atoms. The molecule has 0 radical (unpaired) electrons. The Hall–Kier alpha value is -1.66. The van der Waals surface area contributed by atoms with E-state index in [2.05, 4.69) is 21.2 Å². The summed E-state index contributed by atoms with van der Waals surface area (Å²) in [7, 11) is 0. The van der Waals surface area contributed by atoms with Gasteiger partial charge in [0.05, 0.1) is 15.3 Å². The van der Waals surface area contributed by atoms with Gasteiger partial charge in [-0.1, -0.05) is 12.1 Å². The monoisotopic (exact) mass is 381 g/mol. The molecule has 1 atom stereocenters. The van der Waals surface area contributed by atoms with Gasteiger partial charge >= 0.3 is 5.97 Å². The number of hydrogen-bond donors (Lipinski definition) is 2. The first-order valence-electron chi connectivity index (χ1n) is 6.82. The van der Waals surface area contributed by atoms with Gasteiger partial charge in [-0.3, -0.25) is 4.79 Å². The SMILES string of the molecule is CC(C(=O)NCCc1ccc(C(=O)O)cc1)c1ccc(Br)s1. The minimum Gasteiger partial charge on any atom is -0.478 e. The fourth-order valence-electron chi connectivity index (χ4n) is 1.99. The Morgan fingerprint density at radius 3 is 2.45 bits per heavy atom. The number of aromatic carboxylic acids is 1. The third-order valence-electron chi connectivity index (χ3n) is 3.33. The summed E-state index contributed by atoms with van der Waals surface area (Å²) in [6.45, 7) is 2.41. The minimum absolute atomic E-state index is 0.00324. The Morgan fingerprint density at radius 2 is 1.91 bits per heavy atom. The molecule has 0 aliphatic carbocycles. The first-order chi connectivity index (χ1) is 10.5. The highest BCUT2D eigenvalue weighted by Gasteiger charge is 2.16. The van der Waals surface area contributed by atoms with E-state index < -0.39 is 5.97 Å². The number of benzene rings is 1. The van der Waals surface area contributed by atoms with Crippen LogP contribution in [0.25, 0.3) is 0 Å². The summed E-state index contributed by atoms with van der Waals surface area (Å²) >= 11 is 4.95. The van der Waals surface area contributed by atoms with Gasteiger partial charge in [0.15, 0.2) is 0 Å². The molecule has 1 aromatic heterocycles. The number of carbonyl (C=O) groups is 2. The Kier molecular flexibility index (Phi) is 5.74. The van der Waals surface area contributed by atoms with Crippen LogP contribution >= 0.6 is 27.3 Å². The van der Waals surface area contributed by atoms with Crippen LogP contribution in [0.15, 0.2) is 40.2 Å². The van der Waals surface area contributed by atoms with E-state index in [1.807, 2.05) is 19.1 Å². The number of carboxylic acid groups (broad SMARTS) is 1. The van der Waals surface area contributed by atoms with Gasteiger partial charge in [0.25, 0.3) is 0 Å². The molecule has 116 valence electrons. The molecule has 2 aromatic rings. The first-order valence-corrected chi connectivity index (χ1v) is 8.43. The molecule has 2 N–H and O–H groups in total. The Morgan fingerprint density at radius 1 is 1.23 bits per heavy atom. The van der Waals surface area contributed by atoms with E-state index >= 15 is 0 Å². The second kappa shape index (κ2) is 7.56. The van der Waals surface area contributed by atoms with Crippen molar-refractivity contribution in [1.29, 1.82) is 0 Å². The number of halogens is 1. The molecule has 1 aromatic carbocycles. The van der Waals surface area contributed by atoms with E-state index in [4.69, 9.17) is 5.11 Å². The summed E-state index contributed by atoms with van der Waals surface area (Å²) in [5.74, 6) is -1.11. The summed E-state index contributed by atoms with van der Waals surface area (Å²) in [5, 5.41) is 11.7. The Bertz CT molecular complexity index is 666. The smallest absolute Gasteiger partial charge is 0.335 e. The number of thiophene rings is 1. The van der Waals surface area contributed by atoms with Gasteiger partial charge < -0.3 is 10.4 Å². The summed E-state index contributed by atoms with van der Waals surface area (Å²) < 4.78 is 1.01. The highest BCUT2D eigenvalue weighted by atomic mass is 79.9. The third-order valence-corrected chi connectivity index (χ3v) is 5.13. The van der Waals surface area contributed by atoms with Crippen LogP contribution in [0.1, 0.15) is 33.6 Å². The summed E-state index contributed by atoms with van der Waals surface area (Å²) in [4.78, 5) is 23.9. The molecule has 0 saturated carbocycles. The fraction of sp³-hybridized carbons (Fsp3) is 0.250. The second-order valence-corrected chi connectivity index (χ2v) is 7.40. The minimum atomic E-state index is -0.934. The van der Waals surface area contributed by atoms with Crippen molar-refractivity contribution in [3.05, 3.63) is 56.2 Å². The summed E-state index contributed by atoms with van der Waals surface area (Å²) in [6.07, 6.45) is 0.673. The number of carbonyl (C=O) groups excluding carboxylic acids is 1. The third kappa shape index (κ3) is 4.42. The molecule has 1 unspecified atom stereocenters. The van der Waals surface area contributed by atoms with Crippen LogP contribution in [0.4, 0.5) is 0 Å². The molecule has 6 heteroatoms. The van der Waals surface area contributed by atoms with E-state index in [-0.39, 0.29) is 17.4 Å². The van der Waals surface area contributed by atoms with Crippen molar-refractivity contribution in [2.45, 2.75) is 19.3 Å². The highest BCUT2D eigenvalue weighted by molar-refractivity contribution is 9.11. The molecule has 2 rings (SSSR count). The largest absolute Gasteiger partial charge is 0.478 e. The number of nitrogens with one attached hydrogen (secondary N) is 1. The van der Waals surface area contributed by atoms with Crippen molar-refractivity contribution in [2.24, 2.45) is 0 Å². The van der Waals surface area contributed by atoms with Crippen molar-refractivity contribution in [3.8, 4) is 0 Å². The molecule has 0 saturated heterocycles. The quantitative estimate of drug-likeness (QED) is 0.801. The lowest BCUT2D eigenvalue weighted by molar-refractivity contribution is -0.122. The predicted molar refractivity (Wildman–Crippen MR) is 90.5 cm³/mol. The fourth-order valence-corrected chi connectivity index (χ4v) is 3.46. The average molecular weight is 382 g/mol. The summed E-state index contributed by atoms with van der Waals surface area (Å²) in [6, 6.07) is 10.6. The maximum absolute atomic E-state index is 12.1. The number of carboxylic acids is 1. The van der Waals surface area contributed by atoms with Crippen molar-refractivity contribution in [3.63, 3.8) is 0 Å². The van der Waals surface area contributed by atoms with Crippen molar-refractivity contribution < 1.29 is 14.7 Å². The lowest BCUT2D eigenvalue weighted by atomic mass is 10.1. The van der Waals surface area contributed by atoms with E-state index in [1.165, 1.54) is 0 Å². The van der Waals surface area contributed by atoms with E-state index in [9.17, 15) is 9.59 Å². The van der Waals surface area contributed by atoms with Gasteiger partial charge in [-0.2, -0.15) is 0 Å². The van der Waals surface area contributed by atoms with E-state index in [0.717, 1.165) is 14.2 Å². The second-order valence-electron chi connectivity index (χ2n) is 4.91. The van der Waals surface area contributed by atoms with E-state index in [0.29, 0.717) is 13.0 Å². The first kappa shape index (κ1) is 16.7. The van der Waals surface area contributed by atoms with Crippen LogP contribution < -0.4 is 5.32 Å². The van der Waals surface area contributed by atoms with E-state index in [1.54, 1.807) is 35.6 Å². The van der Waals surface area contributed by atoms with Crippen molar-refractivity contribution in [1.82, 2.24) is 5.32 Å². The topological polar surface area (TPSA) is 66.4 Å². The standard InChI is InChI=1S/C16H16BrNO3S/c1-10(13-6-7-14(17)22-13)15(19)18-9-8-11-2-4-12(5-3-11)16(20)21/h2-7,10H,8-9H2,1H3,(H,18,19)(H,20,21). The molecule has 1 heterocycles. The van der Waals surface area contributed by atoms with Crippen LogP contribution in [-0.4, -0.2) is 23.5 Å². The zero-order valence-electron chi connectivity index (χ0n) is 12.0. The van der Waals surface area contributed by atoms with Crippen LogP contribution in [-0.2, 0) is 11.2 Å². The van der Waals surface area contributed by atoms with Gasteiger partial charge in [0, 0.05) is 11.4 Å². The van der Waals surface area contributed by atoms with Gasteiger partial charge in [-0.25, -0.2) is 4.79 Å². The molecular weight excluding hydrogens is 366 g/mol. The number of hydrogen-bond acceptors (Lipinski definition) is 3. The van der Waals surface area contributed by atoms with Crippen LogP contribution in [0, 0.1) is 0 Å². The summed E-state index contributed by atoms with van der Waals surface area (Å²) in [5.41, 5.74) is 1.27. The maximum Gasteiger partial charge on any atom is 0.335 e. The molecule has 0 aliphatic heterocycles. The van der Waals surface area contributed by atoms with Gasteiger partial charge in [0.1, 0.15) is 0 Å². The normalized spacial score (nSPS) is 11.9. The zero-order valence-corrected chi connectivity index (χ0v) is 14.4. The lowest BCUT2D eigenvalue weighted by Gasteiger charge is -2.10. The van der Waals surface area contributed by atoms with Crippen molar-refractivity contribution in [2.75, 3.05) is 6.54 Å². The molecule has 4 nitrogen and oxygen atoms in total. The maximum atomic E-state index is 12.1. The van der Waals surface area contributed by atoms with Gasteiger partial charge in [0.2, 0.25) is 5.91 Å². The van der Waals surface area contributed by atoms with Crippen molar-refractivity contribution >= 4 is 39.1 Å². The molecule has 0 bridgehead atoms. The number of amides is 1. The molecule has 0 spiro atoms. The lowest BCUT2D eigenvalue weighted by Crippen LogP contribution is -2.29. The van der Waals surface area contributed by atoms with Crippen LogP contribution in [0.2, 0.25) is 0 Å².